The highest BCUT2D eigenvalue weighted by Gasteiger charge is 2.17. The van der Waals surface area contributed by atoms with E-state index in [4.69, 9.17) is 19.9 Å². The molecule has 0 saturated heterocycles. The zero-order valence-corrected chi connectivity index (χ0v) is 15.8. The van der Waals surface area contributed by atoms with E-state index < -0.39 is 30.6 Å². The molecule has 0 amide bonds. The Balaban J connectivity index is 0.000000221. The zero-order chi connectivity index (χ0) is 20.9. The Kier molecular flexibility index (Phi) is 6.29. The van der Waals surface area contributed by atoms with Gasteiger partial charge in [-0.05, 0) is 60.7 Å². The maximum atomic E-state index is 12.1. The molecule has 0 bridgehead atoms. The fourth-order valence-corrected chi connectivity index (χ4v) is 3.91. The molecule has 4 N–H and O–H groups in total. The molecule has 3 aromatic carbocycles. The lowest BCUT2D eigenvalue weighted by atomic mass is 10.3. The summed E-state index contributed by atoms with van der Waals surface area (Å²) in [5.41, 5.74) is 0. The molecule has 10 heteroatoms. The molecule has 0 radical (unpaired) electrons. The van der Waals surface area contributed by atoms with Gasteiger partial charge in [-0.1, -0.05) is 12.1 Å². The first-order valence-corrected chi connectivity index (χ1v) is 10.5. The SMILES string of the molecule is O=S(=O)(O)c1ccccc1O.O=S(=O)(c1ccc(O)cc1)c1ccc(O)cc1. The lowest BCUT2D eigenvalue weighted by molar-refractivity contribution is 0.443. The Morgan fingerprint density at radius 3 is 1.29 bits per heavy atom. The number of para-hydroxylation sites is 1. The second-order valence-electron chi connectivity index (χ2n) is 5.43. The van der Waals surface area contributed by atoms with Crippen LogP contribution < -0.4 is 0 Å². The molecule has 8 nitrogen and oxygen atoms in total. The highest BCUT2D eigenvalue weighted by atomic mass is 32.2. The Bertz CT molecular complexity index is 1100. The molecule has 3 aromatic rings. The molecule has 0 fully saturated rings. The highest BCUT2D eigenvalue weighted by Crippen LogP contribution is 2.24. The van der Waals surface area contributed by atoms with Crippen LogP contribution >= 0.6 is 0 Å². The van der Waals surface area contributed by atoms with E-state index in [1.54, 1.807) is 0 Å². The molecule has 3 rings (SSSR count). The van der Waals surface area contributed by atoms with Crippen LogP contribution in [0.5, 0.6) is 17.2 Å². The second-order valence-corrected chi connectivity index (χ2v) is 8.77. The van der Waals surface area contributed by atoms with Crippen molar-refractivity contribution in [3.63, 3.8) is 0 Å². The summed E-state index contributed by atoms with van der Waals surface area (Å²) in [4.78, 5) is -0.276. The van der Waals surface area contributed by atoms with Crippen molar-refractivity contribution >= 4 is 20.0 Å². The van der Waals surface area contributed by atoms with Gasteiger partial charge in [0.1, 0.15) is 22.1 Å². The van der Waals surface area contributed by atoms with Gasteiger partial charge in [0.2, 0.25) is 9.84 Å². The predicted molar refractivity (Wildman–Crippen MR) is 99.6 cm³/mol. The number of hydrogen-bond donors (Lipinski definition) is 4. The van der Waals surface area contributed by atoms with Crippen molar-refractivity contribution in [1.29, 1.82) is 0 Å². The summed E-state index contributed by atoms with van der Waals surface area (Å²) in [6.07, 6.45) is 0. The number of phenolic OH excluding ortho intramolecular Hbond substituents is 3. The molecular weight excluding hydrogens is 408 g/mol. The third-order valence-electron chi connectivity index (χ3n) is 3.44. The maximum absolute atomic E-state index is 12.1. The van der Waals surface area contributed by atoms with E-state index in [-0.39, 0.29) is 21.3 Å². The van der Waals surface area contributed by atoms with Crippen LogP contribution in [0.4, 0.5) is 0 Å². The average molecular weight is 424 g/mol. The van der Waals surface area contributed by atoms with Gasteiger partial charge in [-0.15, -0.1) is 0 Å². The standard InChI is InChI=1S/C12H10O4S.C6H6O4S/c13-9-1-5-11(6-2-9)17(15,16)12-7-3-10(14)4-8-12;7-5-3-1-2-4-6(5)11(8,9)10/h1-8,13-14H;1-4,7H,(H,8,9,10). The molecule has 0 spiro atoms. The van der Waals surface area contributed by atoms with Gasteiger partial charge in [0.15, 0.2) is 0 Å². The smallest absolute Gasteiger partial charge is 0.298 e. The number of sulfone groups is 1. The number of phenols is 3. The highest BCUT2D eigenvalue weighted by molar-refractivity contribution is 7.91. The van der Waals surface area contributed by atoms with Gasteiger partial charge in [0, 0.05) is 0 Å². The minimum atomic E-state index is -4.28. The van der Waals surface area contributed by atoms with E-state index in [9.17, 15) is 16.8 Å². The molecule has 28 heavy (non-hydrogen) atoms. The molecule has 0 heterocycles. The van der Waals surface area contributed by atoms with Crippen LogP contribution in [0.3, 0.4) is 0 Å². The van der Waals surface area contributed by atoms with Crippen LogP contribution in [0.15, 0.2) is 87.5 Å². The molecule has 0 unspecified atom stereocenters. The second kappa shape index (κ2) is 8.30. The third-order valence-corrected chi connectivity index (χ3v) is 6.12. The number of rotatable bonds is 3. The summed E-state index contributed by atoms with van der Waals surface area (Å²) in [5.74, 6) is -0.431. The largest absolute Gasteiger partial charge is 0.508 e. The monoisotopic (exact) mass is 424 g/mol. The molecule has 0 atom stereocenters. The van der Waals surface area contributed by atoms with Gasteiger partial charge in [0.05, 0.1) is 9.79 Å². The Morgan fingerprint density at radius 1 is 0.571 bits per heavy atom. The first kappa shape index (κ1) is 21.2. The third kappa shape index (κ3) is 5.22. The summed E-state index contributed by atoms with van der Waals surface area (Å²) in [5, 5.41) is 27.1. The Hall–Kier alpha value is -3.08. The molecule has 0 aliphatic rings. The molecular formula is C18H16O8S2. The number of aromatic hydroxyl groups is 3. The van der Waals surface area contributed by atoms with Gasteiger partial charge in [0.25, 0.3) is 10.1 Å². The van der Waals surface area contributed by atoms with E-state index in [0.29, 0.717) is 0 Å². The summed E-state index contributed by atoms with van der Waals surface area (Å²) in [6, 6.07) is 15.7. The van der Waals surface area contributed by atoms with Crippen LogP contribution in [-0.4, -0.2) is 36.7 Å². The van der Waals surface area contributed by atoms with E-state index in [1.807, 2.05) is 0 Å². The van der Waals surface area contributed by atoms with Gasteiger partial charge < -0.3 is 15.3 Å². The van der Waals surface area contributed by atoms with Crippen LogP contribution in [0.2, 0.25) is 0 Å². The lowest BCUT2D eigenvalue weighted by Gasteiger charge is -2.04. The minimum Gasteiger partial charge on any atom is -0.508 e. The van der Waals surface area contributed by atoms with Gasteiger partial charge >= 0.3 is 0 Å². The molecule has 0 aliphatic heterocycles. The Morgan fingerprint density at radius 2 is 0.964 bits per heavy atom. The number of benzene rings is 3. The zero-order valence-electron chi connectivity index (χ0n) is 14.2. The predicted octanol–water partition coefficient (Wildman–Crippen LogP) is 2.57. The van der Waals surface area contributed by atoms with Crippen molar-refractivity contribution in [2.75, 3.05) is 0 Å². The fourth-order valence-electron chi connectivity index (χ4n) is 2.06. The normalized spacial score (nSPS) is 11.3. The first-order valence-electron chi connectivity index (χ1n) is 7.60. The first-order chi connectivity index (χ1) is 13.0. The van der Waals surface area contributed by atoms with Crippen molar-refractivity contribution in [3.05, 3.63) is 72.8 Å². The molecule has 0 aliphatic carbocycles. The average Bonchev–Trinajstić information content (AvgIpc) is 2.62. The van der Waals surface area contributed by atoms with Crippen LogP contribution in [0.1, 0.15) is 0 Å². The number of hydrogen-bond acceptors (Lipinski definition) is 7. The maximum Gasteiger partial charge on any atom is 0.298 e. The van der Waals surface area contributed by atoms with Gasteiger partial charge in [-0.25, -0.2) is 8.42 Å². The van der Waals surface area contributed by atoms with E-state index in [1.165, 1.54) is 66.7 Å². The van der Waals surface area contributed by atoms with Crippen molar-refractivity contribution in [2.24, 2.45) is 0 Å². The van der Waals surface area contributed by atoms with Gasteiger partial charge in [-0.2, -0.15) is 8.42 Å². The summed E-state index contributed by atoms with van der Waals surface area (Å²) in [7, 11) is -7.88. The topological polar surface area (TPSA) is 149 Å². The summed E-state index contributed by atoms with van der Waals surface area (Å²) < 4.78 is 53.6. The minimum absolute atomic E-state index is 0.00894. The van der Waals surface area contributed by atoms with E-state index in [2.05, 4.69) is 0 Å². The van der Waals surface area contributed by atoms with E-state index >= 15 is 0 Å². The molecule has 0 aromatic heterocycles. The lowest BCUT2D eigenvalue weighted by Crippen LogP contribution is -2.01. The van der Waals surface area contributed by atoms with Gasteiger partial charge in [-0.3, -0.25) is 4.55 Å². The fraction of sp³-hybridized carbons (Fsp3) is 0. The van der Waals surface area contributed by atoms with Crippen molar-refractivity contribution in [2.45, 2.75) is 14.7 Å². The molecule has 148 valence electrons. The van der Waals surface area contributed by atoms with Crippen molar-refractivity contribution in [3.8, 4) is 17.2 Å². The van der Waals surface area contributed by atoms with Crippen LogP contribution in [-0.2, 0) is 20.0 Å². The Labute approximate surface area is 161 Å². The quantitative estimate of drug-likeness (QED) is 0.469. The van der Waals surface area contributed by atoms with E-state index in [0.717, 1.165) is 6.07 Å². The summed E-state index contributed by atoms with van der Waals surface area (Å²) in [6.45, 7) is 0. The van der Waals surface area contributed by atoms with Crippen molar-refractivity contribution in [1.82, 2.24) is 0 Å². The summed E-state index contributed by atoms with van der Waals surface area (Å²) >= 11 is 0. The van der Waals surface area contributed by atoms with Crippen LogP contribution in [0, 0.1) is 0 Å². The van der Waals surface area contributed by atoms with Crippen LogP contribution in [0.25, 0.3) is 0 Å². The van der Waals surface area contributed by atoms with Crippen molar-refractivity contribution < 1.29 is 36.7 Å². The molecule has 0 saturated carbocycles.